The fraction of sp³-hybridized carbons (Fsp3) is 0. The van der Waals surface area contributed by atoms with Gasteiger partial charge < -0.3 is 11.5 Å². The molecule has 7 nitrogen and oxygen atoms in total. The lowest BCUT2D eigenvalue weighted by atomic mass is 10.3. The van der Waals surface area contributed by atoms with Crippen molar-refractivity contribution in [2.75, 3.05) is 5.32 Å². The Bertz CT molecular complexity index is 883. The van der Waals surface area contributed by atoms with Gasteiger partial charge in [0, 0.05) is 5.38 Å². The van der Waals surface area contributed by atoms with E-state index in [9.17, 15) is 9.18 Å². The van der Waals surface area contributed by atoms with Crippen LogP contribution in [0.4, 0.5) is 14.7 Å². The van der Waals surface area contributed by atoms with E-state index in [0.29, 0.717) is 9.83 Å². The number of rotatable bonds is 3. The third-order valence-corrected chi connectivity index (χ3v) is 4.21. The molecule has 0 atom stereocenters. The second kappa shape index (κ2) is 5.66. The molecule has 0 aliphatic rings. The van der Waals surface area contributed by atoms with Crippen LogP contribution in [0.2, 0.25) is 0 Å². The monoisotopic (exact) mass is 336 g/mol. The first kappa shape index (κ1) is 14.4. The Morgan fingerprint density at radius 2 is 2.14 bits per heavy atom. The quantitative estimate of drug-likeness (QED) is 0.499. The van der Waals surface area contributed by atoms with E-state index in [-0.39, 0.29) is 22.3 Å². The van der Waals surface area contributed by atoms with Crippen molar-refractivity contribution < 1.29 is 9.18 Å². The maximum Gasteiger partial charge on any atom is 0.276 e. The van der Waals surface area contributed by atoms with Crippen molar-refractivity contribution in [3.63, 3.8) is 0 Å². The number of nitrogens with zero attached hydrogens (tertiary/aromatic N) is 3. The lowest BCUT2D eigenvalue weighted by Crippen LogP contribution is -2.21. The number of nitrogens with one attached hydrogen (secondary N) is 1. The highest BCUT2D eigenvalue weighted by molar-refractivity contribution is 7.22. The molecule has 10 heteroatoms. The van der Waals surface area contributed by atoms with Crippen LogP contribution in [0.25, 0.3) is 10.2 Å². The molecule has 0 aliphatic heterocycles. The number of hydrogen-bond donors (Lipinski definition) is 3. The number of carbonyl (C=O) groups is 1. The number of aliphatic imine (C=N–C) groups is 1. The summed E-state index contributed by atoms with van der Waals surface area (Å²) in [7, 11) is 0. The molecular weight excluding hydrogens is 327 g/mol. The summed E-state index contributed by atoms with van der Waals surface area (Å²) in [5.74, 6) is -1.03. The van der Waals surface area contributed by atoms with Crippen molar-refractivity contribution in [2.24, 2.45) is 16.5 Å². The number of halogens is 1. The topological polar surface area (TPSA) is 119 Å². The molecule has 0 unspecified atom stereocenters. The summed E-state index contributed by atoms with van der Waals surface area (Å²) in [6, 6.07) is 4.63. The van der Waals surface area contributed by atoms with Crippen LogP contribution in [-0.4, -0.2) is 21.8 Å². The van der Waals surface area contributed by atoms with Crippen LogP contribution in [0.5, 0.6) is 0 Å². The minimum atomic E-state index is -0.465. The summed E-state index contributed by atoms with van der Waals surface area (Å²) in [6.07, 6.45) is 0. The molecule has 0 saturated heterocycles. The number of thiazole rings is 2. The van der Waals surface area contributed by atoms with Crippen molar-refractivity contribution in [1.82, 2.24) is 9.97 Å². The van der Waals surface area contributed by atoms with Gasteiger partial charge in [-0.25, -0.2) is 14.4 Å². The number of para-hydroxylation sites is 1. The lowest BCUT2D eigenvalue weighted by molar-refractivity contribution is 0.102. The van der Waals surface area contributed by atoms with Gasteiger partial charge >= 0.3 is 0 Å². The van der Waals surface area contributed by atoms with Crippen LogP contribution in [0.1, 0.15) is 10.5 Å². The molecule has 1 aromatic carbocycles. The maximum absolute atomic E-state index is 13.6. The number of guanidine groups is 1. The summed E-state index contributed by atoms with van der Waals surface area (Å²) < 4.78 is 14.2. The predicted octanol–water partition coefficient (Wildman–Crippen LogP) is 2.05. The van der Waals surface area contributed by atoms with E-state index in [1.807, 2.05) is 0 Å². The summed E-state index contributed by atoms with van der Waals surface area (Å²) in [4.78, 5) is 23.9. The molecular formula is C12H9FN6OS2. The van der Waals surface area contributed by atoms with Crippen LogP contribution >= 0.6 is 22.7 Å². The van der Waals surface area contributed by atoms with Gasteiger partial charge in [0.25, 0.3) is 5.91 Å². The van der Waals surface area contributed by atoms with Crippen LogP contribution in [-0.2, 0) is 0 Å². The number of nitrogens with two attached hydrogens (primary N) is 2. The number of carbonyl (C=O) groups excluding carboxylic acids is 1. The molecule has 1 amide bonds. The Labute approximate surface area is 131 Å². The van der Waals surface area contributed by atoms with Crippen molar-refractivity contribution in [3.8, 4) is 0 Å². The van der Waals surface area contributed by atoms with Gasteiger partial charge in [0.2, 0.25) is 5.13 Å². The number of anilines is 1. The first-order valence-corrected chi connectivity index (χ1v) is 7.64. The molecule has 2 heterocycles. The summed E-state index contributed by atoms with van der Waals surface area (Å²) in [5.41, 5.74) is 10.9. The minimum Gasteiger partial charge on any atom is -0.370 e. The van der Waals surface area contributed by atoms with E-state index in [4.69, 9.17) is 11.5 Å². The van der Waals surface area contributed by atoms with Gasteiger partial charge in [0.05, 0.1) is 4.70 Å². The second-order valence-electron chi connectivity index (χ2n) is 4.11. The summed E-state index contributed by atoms with van der Waals surface area (Å²) in [6.45, 7) is 0. The van der Waals surface area contributed by atoms with E-state index in [1.54, 1.807) is 12.1 Å². The smallest absolute Gasteiger partial charge is 0.276 e. The normalized spacial score (nSPS) is 10.6. The van der Waals surface area contributed by atoms with E-state index in [0.717, 1.165) is 11.3 Å². The van der Waals surface area contributed by atoms with Gasteiger partial charge in [-0.3, -0.25) is 10.1 Å². The molecule has 0 radical (unpaired) electrons. The number of fused-ring (bicyclic) bond motifs is 1. The highest BCUT2D eigenvalue weighted by Crippen LogP contribution is 2.28. The van der Waals surface area contributed by atoms with E-state index in [2.05, 4.69) is 20.3 Å². The fourth-order valence-electron chi connectivity index (χ4n) is 1.66. The molecule has 3 aromatic rings. The van der Waals surface area contributed by atoms with Gasteiger partial charge in [0.15, 0.2) is 11.1 Å². The molecule has 112 valence electrons. The first-order chi connectivity index (χ1) is 10.5. The molecule has 2 aromatic heterocycles. The minimum absolute atomic E-state index is 0.136. The Balaban J connectivity index is 1.82. The van der Waals surface area contributed by atoms with Gasteiger partial charge in [0.1, 0.15) is 17.0 Å². The lowest BCUT2D eigenvalue weighted by Gasteiger charge is -1.96. The van der Waals surface area contributed by atoms with E-state index < -0.39 is 11.7 Å². The third-order valence-electron chi connectivity index (χ3n) is 2.54. The molecule has 0 aliphatic carbocycles. The Hall–Kier alpha value is -2.59. The highest BCUT2D eigenvalue weighted by Gasteiger charge is 2.14. The molecule has 5 N–H and O–H groups in total. The third kappa shape index (κ3) is 2.87. The number of amides is 1. The predicted molar refractivity (Wildman–Crippen MR) is 85.1 cm³/mol. The van der Waals surface area contributed by atoms with Gasteiger partial charge in [-0.2, -0.15) is 4.99 Å². The Kier molecular flexibility index (Phi) is 3.69. The van der Waals surface area contributed by atoms with Gasteiger partial charge in [-0.1, -0.05) is 17.4 Å². The molecule has 3 rings (SSSR count). The van der Waals surface area contributed by atoms with Crippen molar-refractivity contribution in [2.45, 2.75) is 0 Å². The summed E-state index contributed by atoms with van der Waals surface area (Å²) in [5, 5.41) is 4.67. The van der Waals surface area contributed by atoms with Crippen molar-refractivity contribution in [3.05, 3.63) is 35.1 Å². The molecule has 0 fully saturated rings. The number of aromatic nitrogens is 2. The fourth-order valence-corrected chi connectivity index (χ4v) is 3.22. The van der Waals surface area contributed by atoms with Crippen LogP contribution in [0.15, 0.2) is 28.6 Å². The molecule has 0 spiro atoms. The SMILES string of the molecule is NC(N)=Nc1nc(C(=O)Nc2nc3c(F)cccc3s2)cs1. The zero-order valence-electron chi connectivity index (χ0n) is 10.9. The average Bonchev–Trinajstić information content (AvgIpc) is 3.05. The largest absolute Gasteiger partial charge is 0.370 e. The Morgan fingerprint density at radius 3 is 2.86 bits per heavy atom. The zero-order valence-corrected chi connectivity index (χ0v) is 12.5. The molecule has 0 bridgehead atoms. The van der Waals surface area contributed by atoms with Crippen LogP contribution < -0.4 is 16.8 Å². The standard InChI is InChI=1S/C12H9FN6OS2/c13-5-2-1-3-7-8(5)17-12(22-7)18-9(20)6-4-21-11(16-6)19-10(14)15/h1-4H,(H,17,18,20)(H4,14,15,16,19). The molecule has 22 heavy (non-hydrogen) atoms. The molecule has 0 saturated carbocycles. The number of benzene rings is 1. The van der Waals surface area contributed by atoms with Crippen molar-refractivity contribution in [1.29, 1.82) is 0 Å². The van der Waals surface area contributed by atoms with Crippen molar-refractivity contribution >= 4 is 55.0 Å². The second-order valence-corrected chi connectivity index (χ2v) is 5.98. The first-order valence-electron chi connectivity index (χ1n) is 5.94. The van der Waals surface area contributed by atoms with Crippen LogP contribution in [0, 0.1) is 5.82 Å². The van der Waals surface area contributed by atoms with Gasteiger partial charge in [-0.05, 0) is 12.1 Å². The van der Waals surface area contributed by atoms with Gasteiger partial charge in [-0.15, -0.1) is 11.3 Å². The highest BCUT2D eigenvalue weighted by atomic mass is 32.1. The average molecular weight is 336 g/mol. The zero-order chi connectivity index (χ0) is 15.7. The number of hydrogen-bond acceptors (Lipinski definition) is 6. The summed E-state index contributed by atoms with van der Waals surface area (Å²) >= 11 is 2.30. The van der Waals surface area contributed by atoms with E-state index in [1.165, 1.54) is 22.8 Å². The van der Waals surface area contributed by atoms with E-state index >= 15 is 0 Å². The Morgan fingerprint density at radius 1 is 1.32 bits per heavy atom. The maximum atomic E-state index is 13.6. The van der Waals surface area contributed by atoms with Crippen LogP contribution in [0.3, 0.4) is 0 Å².